The van der Waals surface area contributed by atoms with Crippen molar-refractivity contribution in [3.63, 3.8) is 0 Å². The molecule has 1 aromatic carbocycles. The van der Waals surface area contributed by atoms with Gasteiger partial charge in [0.1, 0.15) is 11.9 Å². The van der Waals surface area contributed by atoms with E-state index in [0.29, 0.717) is 37.4 Å². The van der Waals surface area contributed by atoms with Gasteiger partial charge in [-0.15, -0.1) is 0 Å². The monoisotopic (exact) mass is 462 g/mol. The van der Waals surface area contributed by atoms with Gasteiger partial charge >= 0.3 is 0 Å². The van der Waals surface area contributed by atoms with Gasteiger partial charge in [-0.25, -0.2) is 18.2 Å². The molecule has 2 saturated heterocycles. The van der Waals surface area contributed by atoms with Crippen LogP contribution >= 0.6 is 0 Å². The fourth-order valence-corrected chi connectivity index (χ4v) is 4.30. The maximum absolute atomic E-state index is 15.2. The molecule has 1 N–H and O–H groups in total. The highest BCUT2D eigenvalue weighted by Gasteiger charge is 2.40. The molecule has 2 atom stereocenters. The van der Waals surface area contributed by atoms with E-state index in [0.717, 1.165) is 5.56 Å². The van der Waals surface area contributed by atoms with Crippen LogP contribution < -0.4 is 19.9 Å². The Labute approximate surface area is 191 Å². The van der Waals surface area contributed by atoms with E-state index in [1.165, 1.54) is 11.1 Å². The average Bonchev–Trinajstić information content (AvgIpc) is 3.40. The first-order chi connectivity index (χ1) is 15.8. The molecule has 2 aliphatic heterocycles. The Hall–Kier alpha value is -2.97. The fraction of sp³-hybridized carbons (Fsp3) is 0.500. The Morgan fingerprint density at radius 1 is 1.24 bits per heavy atom. The van der Waals surface area contributed by atoms with Gasteiger partial charge in [-0.2, -0.15) is 0 Å². The molecule has 0 bridgehead atoms. The van der Waals surface area contributed by atoms with Crippen LogP contribution in [0.1, 0.15) is 44.7 Å². The first-order valence-electron chi connectivity index (χ1n) is 11.3. The first-order valence-corrected chi connectivity index (χ1v) is 11.3. The highest BCUT2D eigenvalue weighted by Crippen LogP contribution is 2.35. The minimum atomic E-state index is -2.81. The highest BCUT2D eigenvalue weighted by atomic mass is 19.3. The molecule has 1 unspecified atom stereocenters. The molecule has 3 heterocycles. The molecule has 0 saturated carbocycles. The molecule has 2 aliphatic rings. The van der Waals surface area contributed by atoms with Crippen molar-refractivity contribution in [1.82, 2.24) is 10.3 Å². The van der Waals surface area contributed by atoms with Crippen molar-refractivity contribution < 1.29 is 22.7 Å². The maximum atomic E-state index is 15.2. The van der Waals surface area contributed by atoms with Crippen LogP contribution in [-0.4, -0.2) is 49.1 Å². The van der Waals surface area contributed by atoms with E-state index >= 15 is 4.39 Å². The number of halogens is 3. The number of pyridine rings is 1. The van der Waals surface area contributed by atoms with Crippen LogP contribution in [0, 0.1) is 5.82 Å². The fourth-order valence-electron chi connectivity index (χ4n) is 4.30. The van der Waals surface area contributed by atoms with Gasteiger partial charge in [-0.3, -0.25) is 4.79 Å². The maximum Gasteiger partial charge on any atom is 0.266 e. The molecule has 33 heavy (non-hydrogen) atoms. The van der Waals surface area contributed by atoms with Gasteiger partial charge in [0, 0.05) is 38.5 Å². The molecule has 4 rings (SSSR count). The van der Waals surface area contributed by atoms with Crippen molar-refractivity contribution >= 4 is 17.4 Å². The molecule has 1 aromatic heterocycles. The van der Waals surface area contributed by atoms with E-state index < -0.39 is 18.3 Å². The summed E-state index contributed by atoms with van der Waals surface area (Å²) in [5.74, 6) is -2.70. The van der Waals surface area contributed by atoms with Gasteiger partial charge in [0.15, 0.2) is 11.6 Å². The van der Waals surface area contributed by atoms with Gasteiger partial charge < -0.3 is 19.9 Å². The van der Waals surface area contributed by atoms with Crippen LogP contribution in [0.15, 0.2) is 36.5 Å². The minimum absolute atomic E-state index is 0.00109. The predicted octanol–water partition coefficient (Wildman–Crippen LogP) is 4.31. The van der Waals surface area contributed by atoms with Gasteiger partial charge in [-0.1, -0.05) is 19.1 Å². The third-order valence-corrected chi connectivity index (χ3v) is 6.19. The number of anilines is 2. The van der Waals surface area contributed by atoms with E-state index in [1.807, 2.05) is 43.0 Å². The number of hydrogen-bond acceptors (Lipinski definition) is 5. The standard InChI is InChI=1S/C24H29F3N4O2/c1-3-21(32)29-16(2)17-4-6-18(7-5-17)33-19-9-12-30(14-19)20-8-11-28-23(22(20)25)31-13-10-24(26,27)15-31/h4-8,11,16,19H,3,9-10,12-15H2,1-2H3,(H,29,32)/t16-,19?/m0/s1. The Morgan fingerprint density at radius 2 is 2.00 bits per heavy atom. The number of carbonyl (C=O) groups is 1. The van der Waals surface area contributed by atoms with E-state index in [2.05, 4.69) is 10.3 Å². The molecule has 0 aliphatic carbocycles. The summed E-state index contributed by atoms with van der Waals surface area (Å²) in [7, 11) is 0. The number of alkyl halides is 2. The molecule has 0 spiro atoms. The summed E-state index contributed by atoms with van der Waals surface area (Å²) in [6, 6.07) is 9.06. The summed E-state index contributed by atoms with van der Waals surface area (Å²) in [6.07, 6.45) is 2.20. The summed E-state index contributed by atoms with van der Waals surface area (Å²) >= 11 is 0. The van der Waals surface area contributed by atoms with Gasteiger partial charge in [-0.05, 0) is 30.7 Å². The average molecular weight is 463 g/mol. The molecular weight excluding hydrogens is 433 g/mol. The number of amides is 1. The van der Waals surface area contributed by atoms with Crippen molar-refractivity contribution in [2.45, 2.75) is 51.2 Å². The Kier molecular flexibility index (Phi) is 6.67. The van der Waals surface area contributed by atoms with Crippen molar-refractivity contribution in [3.8, 4) is 5.75 Å². The minimum Gasteiger partial charge on any atom is -0.489 e. The molecule has 6 nitrogen and oxygen atoms in total. The molecular formula is C24H29F3N4O2. The van der Waals surface area contributed by atoms with Crippen LogP contribution in [0.2, 0.25) is 0 Å². The highest BCUT2D eigenvalue weighted by molar-refractivity contribution is 5.76. The Morgan fingerprint density at radius 3 is 2.67 bits per heavy atom. The van der Waals surface area contributed by atoms with Crippen molar-refractivity contribution in [3.05, 3.63) is 47.9 Å². The largest absolute Gasteiger partial charge is 0.489 e. The van der Waals surface area contributed by atoms with E-state index in [-0.39, 0.29) is 36.8 Å². The number of ether oxygens (including phenoxy) is 1. The van der Waals surface area contributed by atoms with Crippen molar-refractivity contribution in [1.29, 1.82) is 0 Å². The van der Waals surface area contributed by atoms with Crippen molar-refractivity contribution in [2.24, 2.45) is 0 Å². The molecule has 1 amide bonds. The molecule has 9 heteroatoms. The number of hydrogen-bond donors (Lipinski definition) is 1. The normalized spacial score (nSPS) is 20.7. The number of carbonyl (C=O) groups excluding carboxylic acids is 1. The van der Waals surface area contributed by atoms with E-state index in [4.69, 9.17) is 4.74 Å². The quantitative estimate of drug-likeness (QED) is 0.665. The number of rotatable bonds is 7. The zero-order chi connectivity index (χ0) is 23.6. The third-order valence-electron chi connectivity index (χ3n) is 6.19. The molecule has 0 radical (unpaired) electrons. The number of benzene rings is 1. The second kappa shape index (κ2) is 9.49. The van der Waals surface area contributed by atoms with Crippen LogP contribution in [0.3, 0.4) is 0 Å². The van der Waals surface area contributed by atoms with E-state index in [1.54, 1.807) is 6.07 Å². The summed E-state index contributed by atoms with van der Waals surface area (Å²) in [4.78, 5) is 18.8. The van der Waals surface area contributed by atoms with Gasteiger partial charge in [0.2, 0.25) is 5.91 Å². The smallest absolute Gasteiger partial charge is 0.266 e. The van der Waals surface area contributed by atoms with Crippen LogP contribution in [0.4, 0.5) is 24.7 Å². The predicted molar refractivity (Wildman–Crippen MR) is 121 cm³/mol. The SMILES string of the molecule is CCC(=O)N[C@@H](C)c1ccc(OC2CCN(c3ccnc(N4CCC(F)(F)C4)c3F)C2)cc1. The summed E-state index contributed by atoms with van der Waals surface area (Å²) in [5.41, 5.74) is 1.34. The lowest BCUT2D eigenvalue weighted by molar-refractivity contribution is -0.121. The lowest BCUT2D eigenvalue weighted by Gasteiger charge is -2.23. The Balaban J connectivity index is 1.37. The number of nitrogens with one attached hydrogen (secondary N) is 1. The number of aromatic nitrogens is 1. The van der Waals surface area contributed by atoms with Crippen LogP contribution in [0.5, 0.6) is 5.75 Å². The zero-order valence-corrected chi connectivity index (χ0v) is 18.9. The lowest BCUT2D eigenvalue weighted by Crippen LogP contribution is -2.28. The summed E-state index contributed by atoms with van der Waals surface area (Å²) < 4.78 is 48.4. The molecule has 178 valence electrons. The third kappa shape index (κ3) is 5.34. The summed E-state index contributed by atoms with van der Waals surface area (Å²) in [6.45, 7) is 4.40. The molecule has 2 aromatic rings. The molecule has 2 fully saturated rings. The first kappa shape index (κ1) is 23.2. The van der Waals surface area contributed by atoms with Crippen LogP contribution in [0.25, 0.3) is 0 Å². The number of nitrogens with zero attached hydrogens (tertiary/aromatic N) is 3. The summed E-state index contributed by atoms with van der Waals surface area (Å²) in [5, 5.41) is 2.92. The van der Waals surface area contributed by atoms with Crippen molar-refractivity contribution in [2.75, 3.05) is 36.0 Å². The lowest BCUT2D eigenvalue weighted by atomic mass is 10.1. The second-order valence-corrected chi connectivity index (χ2v) is 8.68. The Bertz CT molecular complexity index is 986. The second-order valence-electron chi connectivity index (χ2n) is 8.68. The topological polar surface area (TPSA) is 57.7 Å². The van der Waals surface area contributed by atoms with Crippen LogP contribution in [-0.2, 0) is 4.79 Å². The van der Waals surface area contributed by atoms with E-state index in [9.17, 15) is 13.6 Å². The van der Waals surface area contributed by atoms with Gasteiger partial charge in [0.25, 0.3) is 5.92 Å². The van der Waals surface area contributed by atoms with Gasteiger partial charge in [0.05, 0.1) is 24.8 Å². The zero-order valence-electron chi connectivity index (χ0n) is 18.9.